The number of carbonyl (C=O) groups excluding carboxylic acids is 2. The van der Waals surface area contributed by atoms with Crippen molar-refractivity contribution >= 4 is 35.1 Å². The van der Waals surface area contributed by atoms with Crippen LogP contribution in [0.3, 0.4) is 0 Å². The van der Waals surface area contributed by atoms with E-state index in [0.29, 0.717) is 12.4 Å². The molecule has 7 heteroatoms. The van der Waals surface area contributed by atoms with Gasteiger partial charge in [0, 0.05) is 22.7 Å². The summed E-state index contributed by atoms with van der Waals surface area (Å²) < 4.78 is 0. The van der Waals surface area contributed by atoms with Crippen molar-refractivity contribution in [3.63, 3.8) is 0 Å². The first kappa shape index (κ1) is 20.4. The van der Waals surface area contributed by atoms with E-state index in [1.807, 2.05) is 49.6 Å². The first-order valence-corrected chi connectivity index (χ1v) is 10.7. The fraction of sp³-hybridized carbons (Fsp3) is 0.381. The summed E-state index contributed by atoms with van der Waals surface area (Å²) in [7, 11) is 0. The average Bonchev–Trinajstić information content (AvgIpc) is 2.71. The van der Waals surface area contributed by atoms with Crippen molar-refractivity contribution in [2.45, 2.75) is 24.7 Å². The van der Waals surface area contributed by atoms with E-state index in [0.717, 1.165) is 37.2 Å². The minimum Gasteiger partial charge on any atom is -0.325 e. The van der Waals surface area contributed by atoms with Crippen LogP contribution in [0.2, 0.25) is 0 Å². The van der Waals surface area contributed by atoms with Crippen LogP contribution in [-0.4, -0.2) is 47.6 Å². The van der Waals surface area contributed by atoms with Crippen LogP contribution in [0.5, 0.6) is 0 Å². The zero-order valence-electron chi connectivity index (χ0n) is 16.3. The van der Waals surface area contributed by atoms with Gasteiger partial charge in [-0.05, 0) is 75.0 Å². The molecule has 1 aromatic carbocycles. The summed E-state index contributed by atoms with van der Waals surface area (Å²) in [6.07, 6.45) is 5.25. The van der Waals surface area contributed by atoms with Crippen molar-refractivity contribution in [3.8, 4) is 0 Å². The normalized spacial score (nSPS) is 15.2. The quantitative estimate of drug-likeness (QED) is 0.730. The fourth-order valence-corrected chi connectivity index (χ4v) is 3.61. The minimum atomic E-state index is -0.0403. The molecule has 0 spiro atoms. The predicted octanol–water partition coefficient (Wildman–Crippen LogP) is 3.40. The molecule has 1 fully saturated rings. The van der Waals surface area contributed by atoms with Crippen LogP contribution in [0.4, 0.5) is 11.5 Å². The molecular formula is C21H26N4O2S. The SMILES string of the molecule is CSc1ccc(NC(=O)CN2CCC(C(=O)Nc3ccc(C)cn3)CC2)cc1. The van der Waals surface area contributed by atoms with E-state index in [2.05, 4.69) is 20.5 Å². The van der Waals surface area contributed by atoms with Crippen molar-refractivity contribution in [1.29, 1.82) is 0 Å². The van der Waals surface area contributed by atoms with E-state index in [4.69, 9.17) is 0 Å². The lowest BCUT2D eigenvalue weighted by Gasteiger charge is -2.30. The Balaban J connectivity index is 1.42. The molecule has 1 aliphatic heterocycles. The van der Waals surface area contributed by atoms with Gasteiger partial charge in [0.1, 0.15) is 5.82 Å². The highest BCUT2D eigenvalue weighted by Gasteiger charge is 2.26. The monoisotopic (exact) mass is 398 g/mol. The zero-order chi connectivity index (χ0) is 19.9. The molecule has 0 unspecified atom stereocenters. The van der Waals surface area contributed by atoms with Crippen LogP contribution in [0.15, 0.2) is 47.5 Å². The third-order valence-electron chi connectivity index (χ3n) is 4.86. The highest BCUT2D eigenvalue weighted by molar-refractivity contribution is 7.98. The summed E-state index contributed by atoms with van der Waals surface area (Å²) in [4.78, 5) is 32.2. The van der Waals surface area contributed by atoms with Gasteiger partial charge in [-0.2, -0.15) is 0 Å². The van der Waals surface area contributed by atoms with Gasteiger partial charge in [-0.25, -0.2) is 4.98 Å². The van der Waals surface area contributed by atoms with E-state index in [1.165, 1.54) is 4.90 Å². The van der Waals surface area contributed by atoms with Gasteiger partial charge in [-0.15, -0.1) is 11.8 Å². The number of aromatic nitrogens is 1. The third-order valence-corrected chi connectivity index (χ3v) is 5.61. The molecule has 0 aliphatic carbocycles. The van der Waals surface area contributed by atoms with E-state index >= 15 is 0 Å². The number of carbonyl (C=O) groups is 2. The summed E-state index contributed by atoms with van der Waals surface area (Å²) in [5, 5.41) is 5.82. The number of anilines is 2. The van der Waals surface area contributed by atoms with E-state index in [1.54, 1.807) is 18.0 Å². The number of aryl methyl sites for hydroxylation is 1. The Bertz CT molecular complexity index is 800. The Kier molecular flexibility index (Phi) is 7.06. The summed E-state index contributed by atoms with van der Waals surface area (Å²) in [6.45, 7) is 3.78. The fourth-order valence-electron chi connectivity index (χ4n) is 3.20. The second-order valence-corrected chi connectivity index (χ2v) is 7.92. The molecule has 0 saturated carbocycles. The lowest BCUT2D eigenvalue weighted by molar-refractivity contribution is -0.121. The minimum absolute atomic E-state index is 0.00865. The summed E-state index contributed by atoms with van der Waals surface area (Å²) in [6, 6.07) is 11.6. The van der Waals surface area contributed by atoms with Crippen LogP contribution >= 0.6 is 11.8 Å². The molecule has 2 aromatic rings. The maximum absolute atomic E-state index is 12.4. The van der Waals surface area contributed by atoms with Crippen molar-refractivity contribution in [2.75, 3.05) is 36.5 Å². The first-order valence-electron chi connectivity index (χ1n) is 9.43. The van der Waals surface area contributed by atoms with E-state index in [9.17, 15) is 9.59 Å². The molecule has 1 aromatic heterocycles. The Morgan fingerprint density at radius 3 is 2.43 bits per heavy atom. The zero-order valence-corrected chi connectivity index (χ0v) is 17.1. The highest BCUT2D eigenvalue weighted by atomic mass is 32.2. The Hall–Kier alpha value is -2.38. The molecule has 2 N–H and O–H groups in total. The number of nitrogens with one attached hydrogen (secondary N) is 2. The van der Waals surface area contributed by atoms with Gasteiger partial charge in [0.25, 0.3) is 0 Å². The first-order chi connectivity index (χ1) is 13.5. The smallest absolute Gasteiger partial charge is 0.238 e. The number of benzene rings is 1. The summed E-state index contributed by atoms with van der Waals surface area (Å²) in [5.41, 5.74) is 1.87. The molecule has 1 saturated heterocycles. The van der Waals surface area contributed by atoms with Gasteiger partial charge >= 0.3 is 0 Å². The number of hydrogen-bond donors (Lipinski definition) is 2. The highest BCUT2D eigenvalue weighted by Crippen LogP contribution is 2.20. The number of rotatable bonds is 6. The standard InChI is InChI=1S/C21H26N4O2S/c1-15-3-8-19(22-13-15)24-21(27)16-9-11-25(12-10-16)14-20(26)23-17-4-6-18(28-2)7-5-17/h3-8,13,16H,9-12,14H2,1-2H3,(H,23,26)(H,22,24,27). The second-order valence-electron chi connectivity index (χ2n) is 7.04. The molecule has 28 heavy (non-hydrogen) atoms. The maximum Gasteiger partial charge on any atom is 0.238 e. The molecule has 0 radical (unpaired) electrons. The second kappa shape index (κ2) is 9.71. The van der Waals surface area contributed by atoms with Crippen LogP contribution < -0.4 is 10.6 Å². The summed E-state index contributed by atoms with van der Waals surface area (Å²) in [5.74, 6) is 0.532. The Labute approximate surface area is 170 Å². The molecule has 148 valence electrons. The molecule has 6 nitrogen and oxygen atoms in total. The van der Waals surface area contributed by atoms with Crippen LogP contribution in [0.25, 0.3) is 0 Å². The van der Waals surface area contributed by atoms with Gasteiger partial charge in [0.05, 0.1) is 6.54 Å². The maximum atomic E-state index is 12.4. The van der Waals surface area contributed by atoms with Crippen molar-refractivity contribution in [2.24, 2.45) is 5.92 Å². The van der Waals surface area contributed by atoms with Crippen LogP contribution in [0.1, 0.15) is 18.4 Å². The number of likely N-dealkylation sites (tertiary alicyclic amines) is 1. The topological polar surface area (TPSA) is 74.3 Å². The van der Waals surface area contributed by atoms with Gasteiger partial charge < -0.3 is 10.6 Å². The van der Waals surface area contributed by atoms with Crippen LogP contribution in [0, 0.1) is 12.8 Å². The van der Waals surface area contributed by atoms with Crippen molar-refractivity contribution < 1.29 is 9.59 Å². The molecule has 2 amide bonds. The van der Waals surface area contributed by atoms with Crippen molar-refractivity contribution in [1.82, 2.24) is 9.88 Å². The average molecular weight is 399 g/mol. The third kappa shape index (κ3) is 5.81. The molecule has 2 heterocycles. The largest absolute Gasteiger partial charge is 0.325 e. The number of piperidine rings is 1. The van der Waals surface area contributed by atoms with Gasteiger partial charge in [-0.1, -0.05) is 6.07 Å². The Morgan fingerprint density at radius 1 is 1.11 bits per heavy atom. The van der Waals surface area contributed by atoms with Gasteiger partial charge in [-0.3, -0.25) is 14.5 Å². The Morgan fingerprint density at radius 2 is 1.82 bits per heavy atom. The van der Waals surface area contributed by atoms with E-state index in [-0.39, 0.29) is 17.7 Å². The summed E-state index contributed by atoms with van der Waals surface area (Å²) >= 11 is 1.67. The van der Waals surface area contributed by atoms with Crippen LogP contribution in [-0.2, 0) is 9.59 Å². The molecule has 1 aliphatic rings. The number of nitrogens with zero attached hydrogens (tertiary/aromatic N) is 2. The molecule has 0 atom stereocenters. The number of pyridine rings is 1. The predicted molar refractivity (Wildman–Crippen MR) is 114 cm³/mol. The number of hydrogen-bond acceptors (Lipinski definition) is 5. The number of amides is 2. The van der Waals surface area contributed by atoms with Crippen molar-refractivity contribution in [3.05, 3.63) is 48.2 Å². The van der Waals surface area contributed by atoms with Gasteiger partial charge in [0.15, 0.2) is 0 Å². The number of thioether (sulfide) groups is 1. The molecule has 0 bridgehead atoms. The molecular weight excluding hydrogens is 372 g/mol. The lowest BCUT2D eigenvalue weighted by Crippen LogP contribution is -2.41. The van der Waals surface area contributed by atoms with E-state index < -0.39 is 0 Å². The lowest BCUT2D eigenvalue weighted by atomic mass is 9.96. The molecule has 3 rings (SSSR count). The van der Waals surface area contributed by atoms with Gasteiger partial charge in [0.2, 0.25) is 11.8 Å².